The first kappa shape index (κ1) is 10.7. The Morgan fingerprint density at radius 1 is 1.43 bits per heavy atom. The molecule has 0 saturated carbocycles. The lowest BCUT2D eigenvalue weighted by Gasteiger charge is -2.05. The van der Waals surface area contributed by atoms with Crippen molar-refractivity contribution in [3.05, 3.63) is 30.3 Å². The molecule has 1 atom stereocenters. The van der Waals surface area contributed by atoms with Crippen LogP contribution in [0.4, 0.5) is 5.69 Å². The summed E-state index contributed by atoms with van der Waals surface area (Å²) in [6.45, 7) is 1.68. The summed E-state index contributed by atoms with van der Waals surface area (Å²) in [6.07, 6.45) is 0.433. The number of nitrogens with one attached hydrogen (secondary N) is 1. The van der Waals surface area contributed by atoms with E-state index < -0.39 is 6.10 Å². The van der Waals surface area contributed by atoms with Gasteiger partial charge in [-0.05, 0) is 25.5 Å². The highest BCUT2D eigenvalue weighted by atomic mass is 16.3. The zero-order valence-electron chi connectivity index (χ0n) is 8.23. The zero-order chi connectivity index (χ0) is 10.4. The van der Waals surface area contributed by atoms with Crippen LogP contribution in [-0.2, 0) is 4.79 Å². The molecular formula is C11H15NO2. The van der Waals surface area contributed by atoms with E-state index in [0.717, 1.165) is 5.69 Å². The van der Waals surface area contributed by atoms with E-state index in [4.69, 9.17) is 5.11 Å². The number of para-hydroxylation sites is 1. The molecule has 0 heterocycles. The average molecular weight is 193 g/mol. The topological polar surface area (TPSA) is 49.3 Å². The minimum atomic E-state index is -0.420. The number of aliphatic hydroxyl groups excluding tert-OH is 1. The maximum atomic E-state index is 11.3. The normalized spacial score (nSPS) is 12.1. The second-order valence-corrected chi connectivity index (χ2v) is 3.30. The lowest BCUT2D eigenvalue weighted by molar-refractivity contribution is -0.116. The maximum Gasteiger partial charge on any atom is 0.224 e. The van der Waals surface area contributed by atoms with Crippen molar-refractivity contribution in [3.63, 3.8) is 0 Å². The standard InChI is InChI=1S/C11H15NO2/c1-9(13)7-8-11(14)12-10-5-3-2-4-6-10/h2-6,9,13H,7-8H2,1H3,(H,12,14). The molecule has 0 aliphatic rings. The number of amides is 1. The third-order valence-electron chi connectivity index (χ3n) is 1.85. The summed E-state index contributed by atoms with van der Waals surface area (Å²) in [4.78, 5) is 11.3. The van der Waals surface area contributed by atoms with E-state index in [2.05, 4.69) is 5.32 Å². The molecule has 0 aliphatic heterocycles. The number of anilines is 1. The first-order chi connectivity index (χ1) is 6.68. The predicted molar refractivity (Wildman–Crippen MR) is 56.0 cm³/mol. The average Bonchev–Trinajstić information content (AvgIpc) is 2.16. The molecule has 0 fully saturated rings. The predicted octanol–water partition coefficient (Wildman–Crippen LogP) is 1.79. The van der Waals surface area contributed by atoms with Crippen molar-refractivity contribution in [1.82, 2.24) is 0 Å². The SMILES string of the molecule is CC(O)CCC(=O)Nc1ccccc1. The van der Waals surface area contributed by atoms with Gasteiger partial charge in [-0.2, -0.15) is 0 Å². The van der Waals surface area contributed by atoms with Crippen molar-refractivity contribution >= 4 is 11.6 Å². The van der Waals surface area contributed by atoms with Crippen molar-refractivity contribution in [2.24, 2.45) is 0 Å². The van der Waals surface area contributed by atoms with Crippen LogP contribution < -0.4 is 5.32 Å². The zero-order valence-corrected chi connectivity index (χ0v) is 8.23. The van der Waals surface area contributed by atoms with Gasteiger partial charge in [-0.3, -0.25) is 4.79 Å². The molecule has 0 saturated heterocycles. The first-order valence-corrected chi connectivity index (χ1v) is 4.71. The van der Waals surface area contributed by atoms with Gasteiger partial charge in [-0.25, -0.2) is 0 Å². The summed E-state index contributed by atoms with van der Waals surface area (Å²) in [5, 5.41) is 11.7. The number of aliphatic hydroxyl groups is 1. The molecule has 3 nitrogen and oxygen atoms in total. The smallest absolute Gasteiger partial charge is 0.224 e. The van der Waals surface area contributed by atoms with Crippen molar-refractivity contribution in [1.29, 1.82) is 0 Å². The van der Waals surface area contributed by atoms with Crippen LogP contribution in [0.15, 0.2) is 30.3 Å². The lowest BCUT2D eigenvalue weighted by atomic mass is 10.2. The fourth-order valence-electron chi connectivity index (χ4n) is 1.08. The largest absolute Gasteiger partial charge is 0.393 e. The van der Waals surface area contributed by atoms with Crippen LogP contribution in [0.3, 0.4) is 0 Å². The highest BCUT2D eigenvalue weighted by Gasteiger charge is 2.03. The van der Waals surface area contributed by atoms with Gasteiger partial charge in [0.1, 0.15) is 0 Å². The second-order valence-electron chi connectivity index (χ2n) is 3.30. The van der Waals surface area contributed by atoms with Crippen LogP contribution in [0, 0.1) is 0 Å². The summed E-state index contributed by atoms with van der Waals surface area (Å²) in [5.74, 6) is -0.0582. The van der Waals surface area contributed by atoms with E-state index in [-0.39, 0.29) is 5.91 Å². The summed E-state index contributed by atoms with van der Waals surface area (Å²) >= 11 is 0. The molecule has 2 N–H and O–H groups in total. The first-order valence-electron chi connectivity index (χ1n) is 4.71. The molecule has 1 aromatic rings. The van der Waals surface area contributed by atoms with Crippen molar-refractivity contribution in [2.75, 3.05) is 5.32 Å². The van der Waals surface area contributed by atoms with E-state index in [1.165, 1.54) is 0 Å². The van der Waals surface area contributed by atoms with Crippen LogP contribution in [-0.4, -0.2) is 17.1 Å². The number of carbonyl (C=O) groups is 1. The summed E-state index contributed by atoms with van der Waals surface area (Å²) in [7, 11) is 0. The van der Waals surface area contributed by atoms with E-state index in [1.54, 1.807) is 6.92 Å². The lowest BCUT2D eigenvalue weighted by Crippen LogP contribution is -2.13. The number of hydrogen-bond donors (Lipinski definition) is 2. The number of hydrogen-bond acceptors (Lipinski definition) is 2. The Morgan fingerprint density at radius 2 is 2.07 bits per heavy atom. The Labute approximate surface area is 83.8 Å². The monoisotopic (exact) mass is 193 g/mol. The van der Waals surface area contributed by atoms with Crippen LogP contribution in [0.5, 0.6) is 0 Å². The molecule has 14 heavy (non-hydrogen) atoms. The fourth-order valence-corrected chi connectivity index (χ4v) is 1.08. The molecule has 1 amide bonds. The van der Waals surface area contributed by atoms with Crippen LogP contribution in [0.25, 0.3) is 0 Å². The van der Waals surface area contributed by atoms with Gasteiger partial charge in [0.2, 0.25) is 5.91 Å². The third kappa shape index (κ3) is 4.05. The fraction of sp³-hybridized carbons (Fsp3) is 0.364. The molecule has 0 radical (unpaired) electrons. The van der Waals surface area contributed by atoms with E-state index in [1.807, 2.05) is 30.3 Å². The van der Waals surface area contributed by atoms with Gasteiger partial charge in [-0.15, -0.1) is 0 Å². The number of carbonyl (C=O) groups excluding carboxylic acids is 1. The Kier molecular flexibility index (Phi) is 4.13. The minimum Gasteiger partial charge on any atom is -0.393 e. The van der Waals surface area contributed by atoms with Gasteiger partial charge < -0.3 is 10.4 Å². The number of benzene rings is 1. The molecule has 0 spiro atoms. The van der Waals surface area contributed by atoms with E-state index >= 15 is 0 Å². The van der Waals surface area contributed by atoms with Gasteiger partial charge in [0.25, 0.3) is 0 Å². The van der Waals surface area contributed by atoms with Gasteiger partial charge in [0, 0.05) is 12.1 Å². The van der Waals surface area contributed by atoms with Gasteiger partial charge in [-0.1, -0.05) is 18.2 Å². The van der Waals surface area contributed by atoms with Crippen molar-refractivity contribution < 1.29 is 9.90 Å². The summed E-state index contributed by atoms with van der Waals surface area (Å²) < 4.78 is 0. The Morgan fingerprint density at radius 3 is 2.64 bits per heavy atom. The van der Waals surface area contributed by atoms with Gasteiger partial charge in [0.05, 0.1) is 6.10 Å². The van der Waals surface area contributed by atoms with Crippen molar-refractivity contribution in [2.45, 2.75) is 25.9 Å². The second kappa shape index (κ2) is 5.40. The molecule has 0 bridgehead atoms. The molecule has 76 valence electrons. The minimum absolute atomic E-state index is 0.0582. The molecule has 1 rings (SSSR count). The van der Waals surface area contributed by atoms with E-state index in [9.17, 15) is 4.79 Å². The van der Waals surface area contributed by atoms with Crippen molar-refractivity contribution in [3.8, 4) is 0 Å². The van der Waals surface area contributed by atoms with Crippen LogP contribution in [0.2, 0.25) is 0 Å². The number of rotatable bonds is 4. The van der Waals surface area contributed by atoms with Crippen LogP contribution in [0.1, 0.15) is 19.8 Å². The quantitative estimate of drug-likeness (QED) is 0.765. The maximum absolute atomic E-state index is 11.3. The van der Waals surface area contributed by atoms with E-state index in [0.29, 0.717) is 12.8 Å². The van der Waals surface area contributed by atoms with Crippen LogP contribution >= 0.6 is 0 Å². The summed E-state index contributed by atoms with van der Waals surface area (Å²) in [6, 6.07) is 9.29. The molecule has 0 aliphatic carbocycles. The van der Waals surface area contributed by atoms with Gasteiger partial charge in [0.15, 0.2) is 0 Å². The Balaban J connectivity index is 2.35. The molecule has 0 aromatic heterocycles. The molecule has 1 aromatic carbocycles. The third-order valence-corrected chi connectivity index (χ3v) is 1.85. The summed E-state index contributed by atoms with van der Waals surface area (Å²) in [5.41, 5.74) is 0.795. The Hall–Kier alpha value is -1.35. The highest BCUT2D eigenvalue weighted by molar-refractivity contribution is 5.90. The highest BCUT2D eigenvalue weighted by Crippen LogP contribution is 2.06. The molecule has 1 unspecified atom stereocenters. The van der Waals surface area contributed by atoms with Gasteiger partial charge >= 0.3 is 0 Å². The molecular weight excluding hydrogens is 178 g/mol. The molecule has 3 heteroatoms. The Bertz CT molecular complexity index is 283.